The summed E-state index contributed by atoms with van der Waals surface area (Å²) >= 11 is 1.53. The van der Waals surface area contributed by atoms with E-state index in [4.69, 9.17) is 0 Å². The molecule has 30 heavy (non-hydrogen) atoms. The fraction of sp³-hybridized carbons (Fsp3) is 0.381. The Hall–Kier alpha value is -3.07. The van der Waals surface area contributed by atoms with Gasteiger partial charge >= 0.3 is 5.97 Å². The first-order valence-corrected chi connectivity index (χ1v) is 10.9. The third kappa shape index (κ3) is 4.56. The number of hydrogen-bond donors (Lipinski definition) is 1. The second kappa shape index (κ2) is 9.17. The molecule has 9 heteroatoms. The van der Waals surface area contributed by atoms with Crippen LogP contribution >= 0.6 is 11.3 Å². The molecule has 1 unspecified atom stereocenters. The second-order valence-electron chi connectivity index (χ2n) is 7.38. The quantitative estimate of drug-likeness (QED) is 0.650. The summed E-state index contributed by atoms with van der Waals surface area (Å²) in [5.74, 6) is -0.888. The van der Waals surface area contributed by atoms with Crippen molar-refractivity contribution in [2.24, 2.45) is 0 Å². The van der Waals surface area contributed by atoms with E-state index in [2.05, 4.69) is 15.3 Å². The number of nitrogens with zero attached hydrogens (tertiary/aromatic N) is 5. The van der Waals surface area contributed by atoms with Crippen molar-refractivity contribution < 1.29 is 14.7 Å². The third-order valence-corrected chi connectivity index (χ3v) is 6.27. The van der Waals surface area contributed by atoms with Crippen molar-refractivity contribution in [2.75, 3.05) is 13.1 Å². The Balaban J connectivity index is 1.34. The van der Waals surface area contributed by atoms with E-state index < -0.39 is 5.97 Å². The lowest BCUT2D eigenvalue weighted by atomic mass is 10.0. The Bertz CT molecular complexity index is 1020. The van der Waals surface area contributed by atoms with Gasteiger partial charge in [-0.2, -0.15) is 0 Å². The van der Waals surface area contributed by atoms with E-state index in [1.165, 1.54) is 11.3 Å². The Labute approximate surface area is 178 Å². The summed E-state index contributed by atoms with van der Waals surface area (Å²) in [5.41, 5.74) is 3.57. The van der Waals surface area contributed by atoms with E-state index in [0.29, 0.717) is 31.5 Å². The number of aromatic nitrogens is 4. The fourth-order valence-corrected chi connectivity index (χ4v) is 4.42. The molecule has 8 nitrogen and oxygen atoms in total. The van der Waals surface area contributed by atoms with Gasteiger partial charge in [0.25, 0.3) is 0 Å². The number of carbonyl (C=O) groups excluding carboxylic acids is 1. The molecule has 0 radical (unpaired) electrons. The molecular weight excluding hydrogens is 402 g/mol. The monoisotopic (exact) mass is 425 g/mol. The third-order valence-electron chi connectivity index (χ3n) is 5.48. The van der Waals surface area contributed by atoms with Crippen molar-refractivity contribution in [3.63, 3.8) is 0 Å². The molecule has 4 rings (SSSR count). The van der Waals surface area contributed by atoms with Gasteiger partial charge in [0.1, 0.15) is 5.69 Å². The molecule has 1 fully saturated rings. The van der Waals surface area contributed by atoms with E-state index in [0.717, 1.165) is 29.8 Å². The molecule has 156 valence electrons. The first-order valence-electron chi connectivity index (χ1n) is 10.0. The molecule has 0 bridgehead atoms. The molecule has 0 aliphatic carbocycles. The second-order valence-corrected chi connectivity index (χ2v) is 8.26. The van der Waals surface area contributed by atoms with Crippen LogP contribution in [-0.4, -0.2) is 55.0 Å². The van der Waals surface area contributed by atoms with Crippen LogP contribution in [0.5, 0.6) is 0 Å². The van der Waals surface area contributed by atoms with Crippen molar-refractivity contribution in [3.8, 4) is 10.6 Å². The van der Waals surface area contributed by atoms with Crippen molar-refractivity contribution in [2.45, 2.75) is 38.1 Å². The highest BCUT2D eigenvalue weighted by atomic mass is 32.1. The first-order chi connectivity index (χ1) is 14.6. The van der Waals surface area contributed by atoms with Gasteiger partial charge in [-0.3, -0.25) is 9.78 Å². The van der Waals surface area contributed by atoms with Crippen LogP contribution in [0.2, 0.25) is 0 Å². The van der Waals surface area contributed by atoms with Gasteiger partial charge < -0.3 is 10.0 Å². The maximum absolute atomic E-state index is 12.7. The predicted molar refractivity (Wildman–Crippen MR) is 112 cm³/mol. The van der Waals surface area contributed by atoms with E-state index in [-0.39, 0.29) is 17.5 Å². The number of aromatic carboxylic acids is 1. The predicted octanol–water partition coefficient (Wildman–Crippen LogP) is 3.29. The Morgan fingerprint density at radius 3 is 2.87 bits per heavy atom. The van der Waals surface area contributed by atoms with Gasteiger partial charge in [0, 0.05) is 25.7 Å². The van der Waals surface area contributed by atoms with E-state index in [1.807, 2.05) is 15.8 Å². The lowest BCUT2D eigenvalue weighted by molar-refractivity contribution is -0.131. The minimum Gasteiger partial charge on any atom is -0.478 e. The lowest BCUT2D eigenvalue weighted by Crippen LogP contribution is -2.32. The highest BCUT2D eigenvalue weighted by molar-refractivity contribution is 7.13. The summed E-state index contributed by atoms with van der Waals surface area (Å²) in [4.78, 5) is 31.1. The number of benzene rings is 1. The average molecular weight is 426 g/mol. The van der Waals surface area contributed by atoms with Gasteiger partial charge in [-0.05, 0) is 37.3 Å². The Morgan fingerprint density at radius 1 is 1.20 bits per heavy atom. The van der Waals surface area contributed by atoms with Gasteiger partial charge in [0.2, 0.25) is 5.91 Å². The minimum absolute atomic E-state index is 0.0692. The number of aryl methyl sites for hydroxylation is 1. The molecule has 1 saturated heterocycles. The summed E-state index contributed by atoms with van der Waals surface area (Å²) in [7, 11) is 0. The first kappa shape index (κ1) is 20.2. The van der Waals surface area contributed by atoms with Gasteiger partial charge in [-0.25, -0.2) is 9.48 Å². The maximum atomic E-state index is 12.7. The van der Waals surface area contributed by atoms with Crippen molar-refractivity contribution in [1.29, 1.82) is 0 Å². The van der Waals surface area contributed by atoms with Crippen LogP contribution in [0.1, 0.15) is 47.6 Å². The highest BCUT2D eigenvalue weighted by Gasteiger charge is 2.23. The zero-order valence-electron chi connectivity index (χ0n) is 16.5. The molecule has 2 aromatic heterocycles. The number of carbonyl (C=O) groups is 2. The van der Waals surface area contributed by atoms with E-state index in [1.54, 1.807) is 36.0 Å². The largest absolute Gasteiger partial charge is 0.478 e. The van der Waals surface area contributed by atoms with Gasteiger partial charge in [-0.15, -0.1) is 16.4 Å². The number of carboxylic acid groups (broad SMARTS) is 1. The smallest absolute Gasteiger partial charge is 0.335 e. The topological polar surface area (TPSA) is 101 Å². The standard InChI is InChI=1S/C21H23N5O3S/c27-20(8-7-15-4-1-2-6-17(15)21(28)29)25-10-3-5-16(9-11-25)26-13-18(23-24-26)19-12-22-14-30-19/h1-2,4,6,12-14,16H,3,5,7-11H2,(H,28,29). The van der Waals surface area contributed by atoms with Gasteiger partial charge in [-0.1, -0.05) is 23.4 Å². The highest BCUT2D eigenvalue weighted by Crippen LogP contribution is 2.26. The molecule has 1 N–H and O–H groups in total. The van der Waals surface area contributed by atoms with Crippen LogP contribution in [0.3, 0.4) is 0 Å². The molecule has 3 aromatic rings. The number of carboxylic acids is 1. The zero-order valence-corrected chi connectivity index (χ0v) is 17.3. The zero-order chi connectivity index (χ0) is 20.9. The lowest BCUT2D eigenvalue weighted by Gasteiger charge is -2.21. The molecule has 1 amide bonds. The summed E-state index contributed by atoms with van der Waals surface area (Å²) in [6.45, 7) is 1.38. The van der Waals surface area contributed by atoms with Crippen molar-refractivity contribution in [1.82, 2.24) is 24.9 Å². The van der Waals surface area contributed by atoms with Crippen molar-refractivity contribution in [3.05, 3.63) is 53.3 Å². The molecule has 3 heterocycles. The Kier molecular flexibility index (Phi) is 6.18. The number of thiazole rings is 1. The number of hydrogen-bond acceptors (Lipinski definition) is 6. The van der Waals surface area contributed by atoms with Gasteiger partial charge in [0.05, 0.1) is 28.2 Å². The van der Waals surface area contributed by atoms with Crippen LogP contribution in [0.4, 0.5) is 0 Å². The van der Waals surface area contributed by atoms with Crippen molar-refractivity contribution >= 4 is 23.2 Å². The normalized spacial score (nSPS) is 16.9. The van der Waals surface area contributed by atoms with Gasteiger partial charge in [0.15, 0.2) is 0 Å². The number of amides is 1. The van der Waals surface area contributed by atoms with Crippen LogP contribution in [0.15, 0.2) is 42.2 Å². The molecule has 1 aliphatic rings. The summed E-state index contributed by atoms with van der Waals surface area (Å²) in [6.07, 6.45) is 7.15. The van der Waals surface area contributed by atoms with Crippen LogP contribution < -0.4 is 0 Å². The van der Waals surface area contributed by atoms with E-state index >= 15 is 0 Å². The molecule has 1 aliphatic heterocycles. The fourth-order valence-electron chi connectivity index (χ4n) is 3.85. The SMILES string of the molecule is O=C(O)c1ccccc1CCC(=O)N1CCCC(n2cc(-c3cncs3)nn2)CC1. The Morgan fingerprint density at radius 2 is 2.07 bits per heavy atom. The summed E-state index contributed by atoms with van der Waals surface area (Å²) < 4.78 is 1.91. The molecule has 1 aromatic carbocycles. The molecule has 0 saturated carbocycles. The minimum atomic E-state index is -0.957. The van der Waals surface area contributed by atoms with Crippen LogP contribution in [0.25, 0.3) is 10.6 Å². The molecular formula is C21H23N5O3S. The molecule has 1 atom stereocenters. The molecule has 0 spiro atoms. The van der Waals surface area contributed by atoms with Crippen LogP contribution in [0, 0.1) is 0 Å². The van der Waals surface area contributed by atoms with Crippen LogP contribution in [-0.2, 0) is 11.2 Å². The number of likely N-dealkylation sites (tertiary alicyclic amines) is 1. The maximum Gasteiger partial charge on any atom is 0.335 e. The average Bonchev–Trinajstić information content (AvgIpc) is 3.40. The summed E-state index contributed by atoms with van der Waals surface area (Å²) in [5, 5.41) is 17.9. The number of rotatable bonds is 6. The summed E-state index contributed by atoms with van der Waals surface area (Å²) in [6, 6.07) is 7.08. The van der Waals surface area contributed by atoms with E-state index in [9.17, 15) is 14.7 Å².